The highest BCUT2D eigenvalue weighted by molar-refractivity contribution is 5.89. The van der Waals surface area contributed by atoms with Crippen molar-refractivity contribution in [1.29, 1.82) is 15.8 Å². The SMILES string of the molecule is COc1ccc2ccccc2c1C1C2CCCC=C2C(C#N)=C(N)C1(C#N)C#N. The van der Waals surface area contributed by atoms with Gasteiger partial charge >= 0.3 is 0 Å². The van der Waals surface area contributed by atoms with Gasteiger partial charge in [-0.25, -0.2) is 0 Å². The van der Waals surface area contributed by atoms with Gasteiger partial charge in [-0.2, -0.15) is 15.8 Å². The summed E-state index contributed by atoms with van der Waals surface area (Å²) in [6, 6.07) is 18.3. The Balaban J connectivity index is 2.14. The summed E-state index contributed by atoms with van der Waals surface area (Å²) in [7, 11) is 1.59. The van der Waals surface area contributed by atoms with Crippen molar-refractivity contribution in [3.8, 4) is 24.0 Å². The number of methoxy groups -OCH3 is 1. The van der Waals surface area contributed by atoms with Crippen molar-refractivity contribution in [3.63, 3.8) is 0 Å². The van der Waals surface area contributed by atoms with Gasteiger partial charge < -0.3 is 10.5 Å². The fourth-order valence-corrected chi connectivity index (χ4v) is 4.96. The predicted molar refractivity (Wildman–Crippen MR) is 109 cm³/mol. The lowest BCUT2D eigenvalue weighted by molar-refractivity contribution is 0.307. The van der Waals surface area contributed by atoms with E-state index in [0.717, 1.165) is 41.2 Å². The molecular formula is C24H20N4O. The lowest BCUT2D eigenvalue weighted by Gasteiger charge is -2.44. The number of benzene rings is 2. The molecule has 2 N–H and O–H groups in total. The Hall–Kier alpha value is -3.75. The summed E-state index contributed by atoms with van der Waals surface area (Å²) >= 11 is 0. The summed E-state index contributed by atoms with van der Waals surface area (Å²) < 4.78 is 5.70. The summed E-state index contributed by atoms with van der Waals surface area (Å²) in [5.74, 6) is -0.0476. The van der Waals surface area contributed by atoms with E-state index in [1.807, 2.05) is 42.5 Å². The van der Waals surface area contributed by atoms with Gasteiger partial charge in [-0.1, -0.05) is 36.4 Å². The maximum absolute atomic E-state index is 10.2. The first-order valence-electron chi connectivity index (χ1n) is 9.61. The van der Waals surface area contributed by atoms with Crippen LogP contribution in [0.1, 0.15) is 30.7 Å². The van der Waals surface area contributed by atoms with Crippen molar-refractivity contribution in [2.45, 2.75) is 25.2 Å². The first-order valence-corrected chi connectivity index (χ1v) is 9.61. The van der Waals surface area contributed by atoms with Gasteiger partial charge in [0.05, 0.1) is 30.5 Å². The minimum absolute atomic E-state index is 0.0504. The molecule has 0 heterocycles. The van der Waals surface area contributed by atoms with Crippen molar-refractivity contribution < 1.29 is 4.74 Å². The molecule has 0 spiro atoms. The van der Waals surface area contributed by atoms with Gasteiger partial charge in [-0.15, -0.1) is 0 Å². The highest BCUT2D eigenvalue weighted by Crippen LogP contribution is 2.58. The molecule has 0 radical (unpaired) electrons. The number of nitrogens with zero attached hydrogens (tertiary/aromatic N) is 3. The lowest BCUT2D eigenvalue weighted by Crippen LogP contribution is -2.42. The number of nitrogens with two attached hydrogens (primary N) is 1. The fraction of sp³-hybridized carbons (Fsp3) is 0.292. The third-order valence-corrected chi connectivity index (χ3v) is 6.26. The van der Waals surface area contributed by atoms with Crippen LogP contribution in [0.3, 0.4) is 0 Å². The molecule has 5 nitrogen and oxygen atoms in total. The van der Waals surface area contributed by atoms with E-state index in [0.29, 0.717) is 5.75 Å². The highest BCUT2D eigenvalue weighted by atomic mass is 16.5. The van der Waals surface area contributed by atoms with Gasteiger partial charge in [0.25, 0.3) is 0 Å². The van der Waals surface area contributed by atoms with E-state index in [-0.39, 0.29) is 17.2 Å². The van der Waals surface area contributed by atoms with Crippen molar-refractivity contribution in [3.05, 3.63) is 64.9 Å². The fourth-order valence-electron chi connectivity index (χ4n) is 4.96. The van der Waals surface area contributed by atoms with E-state index in [1.165, 1.54) is 0 Å². The van der Waals surface area contributed by atoms with Crippen LogP contribution < -0.4 is 10.5 Å². The van der Waals surface area contributed by atoms with Crippen LogP contribution in [0.2, 0.25) is 0 Å². The van der Waals surface area contributed by atoms with Gasteiger partial charge in [-0.3, -0.25) is 0 Å². The summed E-state index contributed by atoms with van der Waals surface area (Å²) in [5.41, 5.74) is 6.76. The Morgan fingerprint density at radius 3 is 2.55 bits per heavy atom. The smallest absolute Gasteiger partial charge is 0.191 e. The molecule has 2 aromatic carbocycles. The number of nitriles is 3. The second-order valence-electron chi connectivity index (χ2n) is 7.51. The van der Waals surface area contributed by atoms with E-state index in [1.54, 1.807) is 7.11 Å². The maximum Gasteiger partial charge on any atom is 0.191 e. The summed E-state index contributed by atoms with van der Waals surface area (Å²) in [6.07, 6.45) is 4.62. The van der Waals surface area contributed by atoms with Crippen LogP contribution in [-0.4, -0.2) is 7.11 Å². The van der Waals surface area contributed by atoms with Crippen molar-refractivity contribution in [2.75, 3.05) is 7.11 Å². The van der Waals surface area contributed by atoms with Crippen LogP contribution in [0.4, 0.5) is 0 Å². The zero-order valence-corrected chi connectivity index (χ0v) is 16.1. The minimum Gasteiger partial charge on any atom is -0.496 e. The molecule has 2 aromatic rings. The quantitative estimate of drug-likeness (QED) is 0.829. The molecule has 0 aromatic heterocycles. The van der Waals surface area contributed by atoms with Crippen molar-refractivity contribution in [1.82, 2.24) is 0 Å². The summed E-state index contributed by atoms with van der Waals surface area (Å²) in [5, 5.41) is 32.2. The van der Waals surface area contributed by atoms with Crippen LogP contribution >= 0.6 is 0 Å². The van der Waals surface area contributed by atoms with Crippen LogP contribution in [0.25, 0.3) is 10.8 Å². The molecule has 2 aliphatic carbocycles. The average molecular weight is 380 g/mol. The predicted octanol–water partition coefficient (Wildman–Crippen LogP) is 4.44. The van der Waals surface area contributed by atoms with Crippen LogP contribution in [0.5, 0.6) is 5.75 Å². The molecule has 2 atom stereocenters. The first kappa shape index (κ1) is 18.6. The first-order chi connectivity index (χ1) is 14.1. The molecule has 4 rings (SSSR count). The molecule has 0 aliphatic heterocycles. The van der Waals surface area contributed by atoms with E-state index >= 15 is 0 Å². The topological polar surface area (TPSA) is 107 Å². The molecule has 0 amide bonds. The monoisotopic (exact) mass is 380 g/mol. The Bertz CT molecular complexity index is 1170. The summed E-state index contributed by atoms with van der Waals surface area (Å²) in [4.78, 5) is 0. The Kier molecular flexibility index (Phi) is 4.50. The van der Waals surface area contributed by atoms with Crippen molar-refractivity contribution in [2.24, 2.45) is 17.1 Å². The number of hydrogen-bond acceptors (Lipinski definition) is 5. The van der Waals surface area contributed by atoms with E-state index in [9.17, 15) is 15.8 Å². The van der Waals surface area contributed by atoms with Gasteiger partial charge in [0.15, 0.2) is 5.41 Å². The van der Waals surface area contributed by atoms with Gasteiger partial charge in [0.2, 0.25) is 0 Å². The maximum atomic E-state index is 10.2. The largest absolute Gasteiger partial charge is 0.496 e. The molecule has 0 saturated heterocycles. The molecule has 5 heteroatoms. The Labute approximate surface area is 169 Å². The second-order valence-corrected chi connectivity index (χ2v) is 7.51. The number of rotatable bonds is 2. The molecule has 0 fully saturated rings. The van der Waals surface area contributed by atoms with Gasteiger partial charge in [0, 0.05) is 11.5 Å². The molecule has 2 unspecified atom stereocenters. The molecule has 0 saturated carbocycles. The van der Waals surface area contributed by atoms with E-state index < -0.39 is 11.3 Å². The van der Waals surface area contributed by atoms with E-state index in [2.05, 4.69) is 18.2 Å². The molecular weight excluding hydrogens is 360 g/mol. The zero-order valence-electron chi connectivity index (χ0n) is 16.1. The molecule has 2 aliphatic rings. The molecule has 0 bridgehead atoms. The molecule has 29 heavy (non-hydrogen) atoms. The van der Waals surface area contributed by atoms with Gasteiger partial charge in [-0.05, 0) is 47.6 Å². The minimum atomic E-state index is -1.64. The number of fused-ring (bicyclic) bond motifs is 2. The standard InChI is InChI=1S/C24H20N4O/c1-29-20-11-10-15-6-2-3-7-16(15)21(20)22-18-9-5-4-8-17(18)19(12-25)23(28)24(22,13-26)14-27/h2-3,6-8,10-11,18,22H,4-5,9,28H2,1H3. The Morgan fingerprint density at radius 2 is 1.86 bits per heavy atom. The number of ether oxygens (including phenoxy) is 1. The molecule has 142 valence electrons. The highest BCUT2D eigenvalue weighted by Gasteiger charge is 2.54. The Morgan fingerprint density at radius 1 is 1.10 bits per heavy atom. The number of allylic oxidation sites excluding steroid dienone is 4. The third-order valence-electron chi connectivity index (χ3n) is 6.26. The van der Waals surface area contributed by atoms with Crippen LogP contribution in [0.15, 0.2) is 59.3 Å². The van der Waals surface area contributed by atoms with Crippen molar-refractivity contribution >= 4 is 10.8 Å². The van der Waals surface area contributed by atoms with E-state index in [4.69, 9.17) is 10.5 Å². The second kappa shape index (κ2) is 7.01. The summed E-state index contributed by atoms with van der Waals surface area (Å²) in [6.45, 7) is 0. The average Bonchev–Trinajstić information content (AvgIpc) is 2.78. The van der Waals surface area contributed by atoms with Crippen LogP contribution in [0, 0.1) is 45.3 Å². The third kappa shape index (κ3) is 2.50. The number of hydrogen-bond donors (Lipinski definition) is 1. The lowest BCUT2D eigenvalue weighted by atomic mass is 9.56. The zero-order chi connectivity index (χ0) is 20.6. The normalized spacial score (nSPS) is 22.6. The van der Waals surface area contributed by atoms with Gasteiger partial charge in [0.1, 0.15) is 11.8 Å². The van der Waals surface area contributed by atoms with Crippen LogP contribution in [-0.2, 0) is 0 Å².